The molecule has 0 aromatic heterocycles. The number of morpholine rings is 1. The molecule has 0 N–H and O–H groups in total. The average molecular weight is 159 g/mol. The highest BCUT2D eigenvalue weighted by Gasteiger charge is 2.16. The van der Waals surface area contributed by atoms with Crippen molar-refractivity contribution in [2.45, 2.75) is 19.6 Å². The molecule has 66 valence electrons. The molecule has 0 aromatic carbocycles. The van der Waals surface area contributed by atoms with Crippen LogP contribution in [-0.2, 0) is 9.47 Å². The highest BCUT2D eigenvalue weighted by molar-refractivity contribution is 4.60. The van der Waals surface area contributed by atoms with Gasteiger partial charge in [-0.15, -0.1) is 0 Å². The van der Waals surface area contributed by atoms with Gasteiger partial charge in [0, 0.05) is 19.7 Å². The van der Waals surface area contributed by atoms with E-state index in [1.54, 1.807) is 0 Å². The summed E-state index contributed by atoms with van der Waals surface area (Å²) in [7, 11) is 2.09. The Morgan fingerprint density at radius 3 is 3.09 bits per heavy atom. The predicted molar refractivity (Wildman–Crippen MR) is 43.5 cm³/mol. The summed E-state index contributed by atoms with van der Waals surface area (Å²) in [5, 5.41) is 0. The van der Waals surface area contributed by atoms with Gasteiger partial charge in [-0.05, 0) is 13.5 Å². The Kier molecular flexibility index (Phi) is 3.83. The molecule has 0 aliphatic carbocycles. The Morgan fingerprint density at radius 2 is 2.45 bits per heavy atom. The van der Waals surface area contributed by atoms with Crippen molar-refractivity contribution in [3.8, 4) is 0 Å². The number of hydrogen-bond donors (Lipinski definition) is 0. The van der Waals surface area contributed by atoms with Gasteiger partial charge in [-0.25, -0.2) is 0 Å². The molecule has 1 unspecified atom stereocenters. The summed E-state index contributed by atoms with van der Waals surface area (Å²) in [4.78, 5) is 2.23. The molecule has 3 nitrogen and oxygen atoms in total. The normalized spacial score (nSPS) is 27.3. The largest absolute Gasteiger partial charge is 0.351 e. The Labute approximate surface area is 68.3 Å². The van der Waals surface area contributed by atoms with E-state index in [1.165, 1.54) is 0 Å². The van der Waals surface area contributed by atoms with Crippen LogP contribution in [0.5, 0.6) is 0 Å². The van der Waals surface area contributed by atoms with Gasteiger partial charge >= 0.3 is 0 Å². The molecule has 0 amide bonds. The van der Waals surface area contributed by atoms with E-state index in [0.29, 0.717) is 0 Å². The fourth-order valence-corrected chi connectivity index (χ4v) is 1.09. The average Bonchev–Trinajstić information content (AvgIpc) is 2.01. The van der Waals surface area contributed by atoms with E-state index < -0.39 is 0 Å². The van der Waals surface area contributed by atoms with Gasteiger partial charge in [0.05, 0.1) is 6.61 Å². The molecule has 1 fully saturated rings. The first kappa shape index (κ1) is 8.97. The maximum Gasteiger partial charge on any atom is 0.170 e. The van der Waals surface area contributed by atoms with Crippen molar-refractivity contribution in [2.24, 2.45) is 0 Å². The van der Waals surface area contributed by atoms with Crippen molar-refractivity contribution in [3.05, 3.63) is 0 Å². The molecule has 0 spiro atoms. The maximum atomic E-state index is 5.44. The van der Waals surface area contributed by atoms with Gasteiger partial charge in [0.1, 0.15) is 0 Å². The third kappa shape index (κ3) is 3.18. The predicted octanol–water partition coefficient (Wildman–Crippen LogP) is 0.701. The smallest absolute Gasteiger partial charge is 0.170 e. The van der Waals surface area contributed by atoms with Gasteiger partial charge in [0.25, 0.3) is 0 Å². The third-order valence-electron chi connectivity index (χ3n) is 1.75. The molecular weight excluding hydrogens is 142 g/mol. The summed E-state index contributed by atoms with van der Waals surface area (Å²) in [5.74, 6) is 0. The molecule has 1 rings (SSSR count). The van der Waals surface area contributed by atoms with Crippen LogP contribution < -0.4 is 0 Å². The van der Waals surface area contributed by atoms with Crippen LogP contribution in [0, 0.1) is 0 Å². The maximum absolute atomic E-state index is 5.44. The molecule has 0 saturated carbocycles. The highest BCUT2D eigenvalue weighted by atomic mass is 16.7. The molecule has 3 heteroatoms. The Balaban J connectivity index is 2.12. The molecule has 1 heterocycles. The van der Waals surface area contributed by atoms with Crippen molar-refractivity contribution in [1.82, 2.24) is 4.90 Å². The summed E-state index contributed by atoms with van der Waals surface area (Å²) in [6.07, 6.45) is 1.07. The lowest BCUT2D eigenvalue weighted by Crippen LogP contribution is -2.41. The van der Waals surface area contributed by atoms with Gasteiger partial charge < -0.3 is 9.47 Å². The first-order valence-corrected chi connectivity index (χ1v) is 4.24. The number of ether oxygens (including phenoxy) is 2. The summed E-state index contributed by atoms with van der Waals surface area (Å²) >= 11 is 0. The summed E-state index contributed by atoms with van der Waals surface area (Å²) < 4.78 is 10.8. The minimum absolute atomic E-state index is 0.00806. The second kappa shape index (κ2) is 4.70. The molecule has 1 atom stereocenters. The van der Waals surface area contributed by atoms with Crippen LogP contribution in [0.4, 0.5) is 0 Å². The molecule has 1 aliphatic rings. The van der Waals surface area contributed by atoms with Gasteiger partial charge in [0.15, 0.2) is 6.29 Å². The Bertz CT molecular complexity index is 108. The lowest BCUT2D eigenvalue weighted by molar-refractivity contribution is -0.175. The summed E-state index contributed by atoms with van der Waals surface area (Å²) in [5.41, 5.74) is 0. The quantitative estimate of drug-likeness (QED) is 0.605. The molecule has 0 bridgehead atoms. The van der Waals surface area contributed by atoms with E-state index in [0.717, 1.165) is 32.7 Å². The third-order valence-corrected chi connectivity index (χ3v) is 1.75. The minimum Gasteiger partial charge on any atom is -0.351 e. The van der Waals surface area contributed by atoms with E-state index in [-0.39, 0.29) is 6.29 Å². The molecule has 1 aliphatic heterocycles. The lowest BCUT2D eigenvalue weighted by Gasteiger charge is -2.29. The molecular formula is C8H17NO2. The first-order valence-electron chi connectivity index (χ1n) is 4.24. The van der Waals surface area contributed by atoms with Crippen LogP contribution in [0.25, 0.3) is 0 Å². The Hall–Kier alpha value is -0.120. The van der Waals surface area contributed by atoms with E-state index in [2.05, 4.69) is 18.9 Å². The number of hydrogen-bond acceptors (Lipinski definition) is 3. The fraction of sp³-hybridized carbons (Fsp3) is 1.00. The first-order chi connectivity index (χ1) is 5.33. The zero-order valence-corrected chi connectivity index (χ0v) is 7.38. The SMILES string of the molecule is CCCOC1CN(C)CCO1. The number of likely N-dealkylation sites (N-methyl/N-ethyl adjacent to an activating group) is 1. The number of nitrogens with zero attached hydrogens (tertiary/aromatic N) is 1. The van der Waals surface area contributed by atoms with E-state index >= 15 is 0 Å². The van der Waals surface area contributed by atoms with Crippen LogP contribution >= 0.6 is 0 Å². The van der Waals surface area contributed by atoms with Crippen molar-refractivity contribution in [1.29, 1.82) is 0 Å². The summed E-state index contributed by atoms with van der Waals surface area (Å²) in [6.45, 7) is 5.63. The van der Waals surface area contributed by atoms with E-state index in [9.17, 15) is 0 Å². The van der Waals surface area contributed by atoms with Crippen LogP contribution in [0.1, 0.15) is 13.3 Å². The van der Waals surface area contributed by atoms with Gasteiger partial charge in [0.2, 0.25) is 0 Å². The topological polar surface area (TPSA) is 21.7 Å². The highest BCUT2D eigenvalue weighted by Crippen LogP contribution is 2.04. The summed E-state index contributed by atoms with van der Waals surface area (Å²) in [6, 6.07) is 0. The van der Waals surface area contributed by atoms with E-state index in [4.69, 9.17) is 9.47 Å². The van der Waals surface area contributed by atoms with Gasteiger partial charge in [-0.2, -0.15) is 0 Å². The standard InChI is InChI=1S/C8H17NO2/c1-3-5-10-8-7-9(2)4-6-11-8/h8H,3-7H2,1-2H3. The van der Waals surface area contributed by atoms with E-state index in [1.807, 2.05) is 0 Å². The second-order valence-corrected chi connectivity index (χ2v) is 2.93. The van der Waals surface area contributed by atoms with Crippen LogP contribution in [-0.4, -0.2) is 44.5 Å². The molecule has 1 saturated heterocycles. The lowest BCUT2D eigenvalue weighted by atomic mass is 10.4. The number of rotatable bonds is 3. The molecule has 0 aromatic rings. The van der Waals surface area contributed by atoms with Gasteiger partial charge in [-0.3, -0.25) is 4.90 Å². The Morgan fingerprint density at radius 1 is 1.64 bits per heavy atom. The van der Waals surface area contributed by atoms with Crippen LogP contribution in [0.2, 0.25) is 0 Å². The fourth-order valence-electron chi connectivity index (χ4n) is 1.09. The van der Waals surface area contributed by atoms with Crippen molar-refractivity contribution in [3.63, 3.8) is 0 Å². The van der Waals surface area contributed by atoms with Crippen LogP contribution in [0.15, 0.2) is 0 Å². The minimum atomic E-state index is 0.00806. The molecule has 11 heavy (non-hydrogen) atoms. The zero-order chi connectivity index (χ0) is 8.10. The second-order valence-electron chi connectivity index (χ2n) is 2.93. The van der Waals surface area contributed by atoms with Crippen LogP contribution in [0.3, 0.4) is 0 Å². The van der Waals surface area contributed by atoms with Gasteiger partial charge in [-0.1, -0.05) is 6.92 Å². The van der Waals surface area contributed by atoms with Crippen molar-refractivity contribution in [2.75, 3.05) is 33.4 Å². The molecule has 0 radical (unpaired) electrons. The van der Waals surface area contributed by atoms with Crippen molar-refractivity contribution >= 4 is 0 Å². The monoisotopic (exact) mass is 159 g/mol. The van der Waals surface area contributed by atoms with Crippen molar-refractivity contribution < 1.29 is 9.47 Å². The zero-order valence-electron chi connectivity index (χ0n) is 7.38.